The van der Waals surface area contributed by atoms with E-state index >= 15 is 0 Å². The number of carbonyl (C=O) groups is 3. The lowest BCUT2D eigenvalue weighted by Gasteiger charge is -2.10. The number of anilines is 1. The van der Waals surface area contributed by atoms with Crippen molar-refractivity contribution < 1.29 is 27.2 Å². The number of benzene rings is 3. The molecule has 3 N–H and O–H groups in total. The Morgan fingerprint density at radius 3 is 2.06 bits per heavy atom. The number of ketones is 1. The van der Waals surface area contributed by atoms with Crippen molar-refractivity contribution in [2.75, 3.05) is 12.4 Å². The summed E-state index contributed by atoms with van der Waals surface area (Å²) in [5.74, 6) is -1.96. The van der Waals surface area contributed by atoms with E-state index in [-0.39, 0.29) is 34.0 Å². The van der Waals surface area contributed by atoms with Crippen molar-refractivity contribution >= 4 is 33.3 Å². The van der Waals surface area contributed by atoms with Gasteiger partial charge in [0.2, 0.25) is 10.0 Å². The van der Waals surface area contributed by atoms with Crippen molar-refractivity contribution in [2.45, 2.75) is 18.4 Å². The van der Waals surface area contributed by atoms with Crippen LogP contribution in [-0.2, 0) is 16.6 Å². The van der Waals surface area contributed by atoms with E-state index < -0.39 is 27.7 Å². The van der Waals surface area contributed by atoms with Gasteiger partial charge >= 0.3 is 0 Å². The van der Waals surface area contributed by atoms with E-state index in [0.717, 1.165) is 6.07 Å². The maximum absolute atomic E-state index is 13.8. The highest BCUT2D eigenvalue weighted by molar-refractivity contribution is 7.89. The molecule has 0 aromatic heterocycles. The standard InChI is InChI=1S/C24H22FN3O5S/c1-15(29)17-7-10-20(11-8-17)34(32,33)27-14-16-3-5-18(6-4-16)23(30)28-19-9-12-22(25)21(13-19)24(31)26-2/h3-13,27H,14H2,1-2H3,(H,26,31)(H,28,30). The van der Waals surface area contributed by atoms with Crippen LogP contribution < -0.4 is 15.4 Å². The van der Waals surface area contributed by atoms with E-state index in [1.165, 1.54) is 62.5 Å². The molecular formula is C24H22FN3O5S. The molecule has 0 aliphatic rings. The predicted octanol–water partition coefficient (Wildman–Crippen LogP) is 3.12. The van der Waals surface area contributed by atoms with Crippen LogP contribution in [0, 0.1) is 5.82 Å². The second kappa shape index (κ2) is 10.4. The van der Waals surface area contributed by atoms with E-state index in [1.807, 2.05) is 0 Å². The molecule has 0 unspecified atom stereocenters. The number of rotatable bonds is 8. The Morgan fingerprint density at radius 2 is 1.47 bits per heavy atom. The zero-order valence-electron chi connectivity index (χ0n) is 18.4. The average Bonchev–Trinajstić information content (AvgIpc) is 2.83. The van der Waals surface area contributed by atoms with Crippen LogP contribution in [0.5, 0.6) is 0 Å². The maximum Gasteiger partial charge on any atom is 0.255 e. The molecule has 8 nitrogen and oxygen atoms in total. The molecule has 3 rings (SSSR count). The number of halogens is 1. The molecule has 0 aliphatic carbocycles. The average molecular weight is 484 g/mol. The van der Waals surface area contributed by atoms with Crippen LogP contribution >= 0.6 is 0 Å². The van der Waals surface area contributed by atoms with Gasteiger partial charge < -0.3 is 10.6 Å². The van der Waals surface area contributed by atoms with Crippen molar-refractivity contribution in [2.24, 2.45) is 0 Å². The van der Waals surface area contributed by atoms with E-state index in [1.54, 1.807) is 12.1 Å². The van der Waals surface area contributed by atoms with Gasteiger partial charge in [0.05, 0.1) is 10.5 Å². The summed E-state index contributed by atoms with van der Waals surface area (Å²) >= 11 is 0. The fourth-order valence-electron chi connectivity index (χ4n) is 3.02. The molecule has 3 aromatic rings. The van der Waals surface area contributed by atoms with E-state index in [9.17, 15) is 27.2 Å². The van der Waals surface area contributed by atoms with Gasteiger partial charge in [0, 0.05) is 30.4 Å². The summed E-state index contributed by atoms with van der Waals surface area (Å²) in [6.45, 7) is 1.39. The number of Topliss-reactive ketones (excluding diaryl/α,β-unsaturated/α-hetero) is 1. The fraction of sp³-hybridized carbons (Fsp3) is 0.125. The van der Waals surface area contributed by atoms with Crippen molar-refractivity contribution in [1.29, 1.82) is 0 Å². The summed E-state index contributed by atoms with van der Waals surface area (Å²) in [5.41, 5.74) is 1.37. The van der Waals surface area contributed by atoms with Gasteiger partial charge in [0.25, 0.3) is 11.8 Å². The minimum Gasteiger partial charge on any atom is -0.355 e. The van der Waals surface area contributed by atoms with Gasteiger partial charge in [-0.25, -0.2) is 17.5 Å². The van der Waals surface area contributed by atoms with Crippen LogP contribution in [0.15, 0.2) is 71.6 Å². The lowest BCUT2D eigenvalue weighted by molar-refractivity contribution is 0.0956. The van der Waals surface area contributed by atoms with Crippen LogP contribution in [0.4, 0.5) is 10.1 Å². The summed E-state index contributed by atoms with van der Waals surface area (Å²) in [6, 6.07) is 15.5. The van der Waals surface area contributed by atoms with Crippen LogP contribution in [-0.4, -0.2) is 33.1 Å². The lowest BCUT2D eigenvalue weighted by Crippen LogP contribution is -2.23. The molecule has 10 heteroatoms. The van der Waals surface area contributed by atoms with Crippen LogP contribution in [0.1, 0.15) is 43.6 Å². The number of hydrogen-bond donors (Lipinski definition) is 3. The van der Waals surface area contributed by atoms with Gasteiger partial charge in [0.1, 0.15) is 5.82 Å². The Kier molecular flexibility index (Phi) is 7.54. The highest BCUT2D eigenvalue weighted by atomic mass is 32.2. The van der Waals surface area contributed by atoms with Crippen molar-refractivity contribution in [3.8, 4) is 0 Å². The number of nitrogens with one attached hydrogen (secondary N) is 3. The first kappa shape index (κ1) is 24.7. The Morgan fingerprint density at radius 1 is 0.853 bits per heavy atom. The quantitative estimate of drug-likeness (QED) is 0.425. The second-order valence-electron chi connectivity index (χ2n) is 7.33. The molecule has 0 fully saturated rings. The number of carbonyl (C=O) groups excluding carboxylic acids is 3. The largest absolute Gasteiger partial charge is 0.355 e. The van der Waals surface area contributed by atoms with Gasteiger partial charge in [0.15, 0.2) is 5.78 Å². The zero-order chi connectivity index (χ0) is 24.9. The molecule has 0 heterocycles. The van der Waals surface area contributed by atoms with E-state index in [4.69, 9.17) is 0 Å². The Labute approximate surface area is 196 Å². The maximum atomic E-state index is 13.8. The van der Waals surface area contributed by atoms with Gasteiger partial charge in [-0.05, 0) is 55.0 Å². The highest BCUT2D eigenvalue weighted by Gasteiger charge is 2.15. The topological polar surface area (TPSA) is 121 Å². The van der Waals surface area contributed by atoms with Crippen molar-refractivity contribution in [3.05, 3.63) is 94.8 Å². The van der Waals surface area contributed by atoms with Gasteiger partial charge in [-0.15, -0.1) is 0 Å². The normalized spacial score (nSPS) is 11.0. The van der Waals surface area contributed by atoms with E-state index in [0.29, 0.717) is 11.1 Å². The third kappa shape index (κ3) is 5.91. The van der Waals surface area contributed by atoms with Crippen LogP contribution in [0.3, 0.4) is 0 Å². The number of hydrogen-bond acceptors (Lipinski definition) is 5. The molecule has 34 heavy (non-hydrogen) atoms. The Bertz CT molecular complexity index is 1340. The van der Waals surface area contributed by atoms with Crippen LogP contribution in [0.2, 0.25) is 0 Å². The molecule has 0 aliphatic heterocycles. The first-order valence-electron chi connectivity index (χ1n) is 10.1. The van der Waals surface area contributed by atoms with Crippen molar-refractivity contribution in [1.82, 2.24) is 10.0 Å². The number of amides is 2. The highest BCUT2D eigenvalue weighted by Crippen LogP contribution is 2.17. The molecule has 3 aromatic carbocycles. The molecule has 0 radical (unpaired) electrons. The minimum absolute atomic E-state index is 0.00779. The lowest BCUT2D eigenvalue weighted by atomic mass is 10.1. The summed E-state index contributed by atoms with van der Waals surface area (Å²) < 4.78 is 41.2. The minimum atomic E-state index is -3.79. The molecule has 176 valence electrons. The molecule has 0 saturated heterocycles. The fourth-order valence-corrected chi connectivity index (χ4v) is 4.04. The molecule has 2 amide bonds. The number of sulfonamides is 1. The second-order valence-corrected chi connectivity index (χ2v) is 9.10. The summed E-state index contributed by atoms with van der Waals surface area (Å²) in [4.78, 5) is 35.6. The van der Waals surface area contributed by atoms with E-state index in [2.05, 4.69) is 15.4 Å². The summed E-state index contributed by atoms with van der Waals surface area (Å²) in [7, 11) is -2.41. The van der Waals surface area contributed by atoms with Gasteiger partial charge in [-0.1, -0.05) is 24.3 Å². The smallest absolute Gasteiger partial charge is 0.255 e. The Balaban J connectivity index is 1.64. The van der Waals surface area contributed by atoms with Gasteiger partial charge in [-0.2, -0.15) is 0 Å². The molecule has 0 bridgehead atoms. The predicted molar refractivity (Wildman–Crippen MR) is 125 cm³/mol. The molecular weight excluding hydrogens is 461 g/mol. The molecule has 0 spiro atoms. The van der Waals surface area contributed by atoms with Gasteiger partial charge in [-0.3, -0.25) is 14.4 Å². The molecule has 0 atom stereocenters. The first-order valence-corrected chi connectivity index (χ1v) is 11.6. The first-order chi connectivity index (χ1) is 16.1. The third-order valence-electron chi connectivity index (χ3n) is 4.95. The third-order valence-corrected chi connectivity index (χ3v) is 6.37. The molecule has 0 saturated carbocycles. The summed E-state index contributed by atoms with van der Waals surface area (Å²) in [6.07, 6.45) is 0. The summed E-state index contributed by atoms with van der Waals surface area (Å²) in [5, 5.41) is 4.92. The zero-order valence-corrected chi connectivity index (χ0v) is 19.2. The monoisotopic (exact) mass is 483 g/mol. The SMILES string of the molecule is CNC(=O)c1cc(NC(=O)c2ccc(CNS(=O)(=O)c3ccc(C(C)=O)cc3)cc2)ccc1F. The Hall–Kier alpha value is -3.89. The van der Waals surface area contributed by atoms with Crippen LogP contribution in [0.25, 0.3) is 0 Å². The van der Waals surface area contributed by atoms with Crippen molar-refractivity contribution in [3.63, 3.8) is 0 Å².